The summed E-state index contributed by atoms with van der Waals surface area (Å²) in [5.41, 5.74) is 3.68. The third-order valence-corrected chi connectivity index (χ3v) is 4.06. The SMILES string of the molecule is COC(=O)[C@H](CC(C)C)NCc1ccc(-c2ccccc2C#N)cc1. The van der Waals surface area contributed by atoms with E-state index in [1.165, 1.54) is 7.11 Å². The van der Waals surface area contributed by atoms with Crippen LogP contribution in [-0.4, -0.2) is 19.1 Å². The Morgan fingerprint density at radius 2 is 1.84 bits per heavy atom. The van der Waals surface area contributed by atoms with Crippen molar-refractivity contribution in [2.75, 3.05) is 7.11 Å². The quantitative estimate of drug-likeness (QED) is 0.779. The van der Waals surface area contributed by atoms with Crippen molar-refractivity contribution in [2.45, 2.75) is 32.9 Å². The number of esters is 1. The number of hydrogen-bond donors (Lipinski definition) is 1. The molecule has 2 rings (SSSR count). The van der Waals surface area contributed by atoms with Crippen molar-refractivity contribution in [3.05, 3.63) is 59.7 Å². The zero-order valence-electron chi connectivity index (χ0n) is 15.0. The van der Waals surface area contributed by atoms with Crippen molar-refractivity contribution < 1.29 is 9.53 Å². The summed E-state index contributed by atoms with van der Waals surface area (Å²) in [6.07, 6.45) is 0.736. The van der Waals surface area contributed by atoms with Crippen molar-refractivity contribution in [1.29, 1.82) is 5.26 Å². The number of benzene rings is 2. The first kappa shape index (κ1) is 18.7. The van der Waals surface area contributed by atoms with Gasteiger partial charge >= 0.3 is 5.97 Å². The van der Waals surface area contributed by atoms with Gasteiger partial charge in [0, 0.05) is 6.54 Å². The molecular weight excluding hydrogens is 312 g/mol. The molecule has 0 saturated carbocycles. The second-order valence-corrected chi connectivity index (χ2v) is 6.44. The number of methoxy groups -OCH3 is 1. The highest BCUT2D eigenvalue weighted by molar-refractivity contribution is 5.75. The van der Waals surface area contributed by atoms with Gasteiger partial charge in [0.25, 0.3) is 0 Å². The number of hydrogen-bond acceptors (Lipinski definition) is 4. The molecular formula is C21H24N2O2. The molecule has 1 N–H and O–H groups in total. The average molecular weight is 336 g/mol. The highest BCUT2D eigenvalue weighted by Gasteiger charge is 2.19. The molecule has 0 heterocycles. The van der Waals surface area contributed by atoms with Gasteiger partial charge in [-0.15, -0.1) is 0 Å². The number of ether oxygens (including phenoxy) is 1. The predicted molar refractivity (Wildman–Crippen MR) is 98.7 cm³/mol. The molecule has 0 unspecified atom stereocenters. The molecule has 0 aliphatic carbocycles. The van der Waals surface area contributed by atoms with Crippen LogP contribution in [0, 0.1) is 17.2 Å². The molecule has 25 heavy (non-hydrogen) atoms. The van der Waals surface area contributed by atoms with Gasteiger partial charge in [0.05, 0.1) is 18.7 Å². The lowest BCUT2D eigenvalue weighted by Gasteiger charge is -2.18. The molecule has 4 nitrogen and oxygen atoms in total. The molecule has 1 atom stereocenters. The van der Waals surface area contributed by atoms with E-state index in [-0.39, 0.29) is 12.0 Å². The van der Waals surface area contributed by atoms with E-state index in [2.05, 4.69) is 25.2 Å². The van der Waals surface area contributed by atoms with E-state index in [4.69, 9.17) is 4.74 Å². The van der Waals surface area contributed by atoms with Gasteiger partial charge in [-0.3, -0.25) is 4.79 Å². The lowest BCUT2D eigenvalue weighted by atomic mass is 9.99. The minimum atomic E-state index is -0.302. The fourth-order valence-corrected chi connectivity index (χ4v) is 2.75. The Kier molecular flexibility index (Phi) is 6.73. The largest absolute Gasteiger partial charge is 0.468 e. The maximum Gasteiger partial charge on any atom is 0.322 e. The Labute approximate surface area is 149 Å². The lowest BCUT2D eigenvalue weighted by molar-refractivity contribution is -0.143. The molecule has 0 spiro atoms. The topological polar surface area (TPSA) is 62.1 Å². The van der Waals surface area contributed by atoms with Crippen LogP contribution in [-0.2, 0) is 16.1 Å². The molecule has 0 aliphatic rings. The minimum absolute atomic E-state index is 0.228. The van der Waals surface area contributed by atoms with Gasteiger partial charge in [0.2, 0.25) is 0 Å². The standard InChI is InChI=1S/C21H24N2O2/c1-15(2)12-20(21(24)25-3)23-14-16-8-10-17(11-9-16)19-7-5-4-6-18(19)13-22/h4-11,15,20,23H,12,14H2,1-3H3/t20-/m0/s1. The molecule has 2 aromatic rings. The second kappa shape index (κ2) is 9.00. The van der Waals surface area contributed by atoms with Crippen molar-refractivity contribution in [3.8, 4) is 17.2 Å². The van der Waals surface area contributed by atoms with Gasteiger partial charge in [-0.2, -0.15) is 5.26 Å². The number of nitrogens with zero attached hydrogens (tertiary/aromatic N) is 1. The van der Waals surface area contributed by atoms with E-state index in [0.29, 0.717) is 18.0 Å². The molecule has 0 amide bonds. The summed E-state index contributed by atoms with van der Waals surface area (Å²) in [5, 5.41) is 12.5. The van der Waals surface area contributed by atoms with Crippen LogP contribution in [0.5, 0.6) is 0 Å². The van der Waals surface area contributed by atoms with E-state index in [1.54, 1.807) is 0 Å². The van der Waals surface area contributed by atoms with Crippen molar-refractivity contribution in [3.63, 3.8) is 0 Å². The van der Waals surface area contributed by atoms with E-state index >= 15 is 0 Å². The van der Waals surface area contributed by atoms with Crippen LogP contribution in [0.25, 0.3) is 11.1 Å². The molecule has 0 aliphatic heterocycles. The van der Waals surface area contributed by atoms with Crippen molar-refractivity contribution in [1.82, 2.24) is 5.32 Å². The van der Waals surface area contributed by atoms with Crippen molar-refractivity contribution >= 4 is 5.97 Å². The van der Waals surface area contributed by atoms with E-state index in [0.717, 1.165) is 23.1 Å². The Bertz CT molecular complexity index is 745. The summed E-state index contributed by atoms with van der Waals surface area (Å²) in [6, 6.07) is 17.5. The third-order valence-electron chi connectivity index (χ3n) is 4.06. The van der Waals surface area contributed by atoms with E-state index in [1.807, 2.05) is 48.5 Å². The Balaban J connectivity index is 2.07. The van der Waals surface area contributed by atoms with E-state index in [9.17, 15) is 10.1 Å². The van der Waals surface area contributed by atoms with Crippen LogP contribution < -0.4 is 5.32 Å². The Hall–Kier alpha value is -2.64. The summed E-state index contributed by atoms with van der Waals surface area (Å²) in [7, 11) is 1.42. The fourth-order valence-electron chi connectivity index (χ4n) is 2.75. The zero-order valence-corrected chi connectivity index (χ0v) is 15.0. The summed E-state index contributed by atoms with van der Waals surface area (Å²) in [5.74, 6) is 0.176. The monoisotopic (exact) mass is 336 g/mol. The smallest absolute Gasteiger partial charge is 0.322 e. The van der Waals surface area contributed by atoms with Crippen molar-refractivity contribution in [2.24, 2.45) is 5.92 Å². The number of carbonyl (C=O) groups is 1. The van der Waals surface area contributed by atoms with Crippen LogP contribution in [0.4, 0.5) is 0 Å². The van der Waals surface area contributed by atoms with Crippen LogP contribution in [0.15, 0.2) is 48.5 Å². The second-order valence-electron chi connectivity index (χ2n) is 6.44. The minimum Gasteiger partial charge on any atom is -0.468 e. The number of nitriles is 1. The highest BCUT2D eigenvalue weighted by Crippen LogP contribution is 2.23. The number of carbonyl (C=O) groups excluding carboxylic acids is 1. The van der Waals surface area contributed by atoms with Crippen LogP contribution >= 0.6 is 0 Å². The van der Waals surface area contributed by atoms with E-state index < -0.39 is 0 Å². The first-order chi connectivity index (χ1) is 12.0. The Morgan fingerprint density at radius 3 is 2.44 bits per heavy atom. The van der Waals surface area contributed by atoms with Crippen LogP contribution in [0.2, 0.25) is 0 Å². The van der Waals surface area contributed by atoms with Gasteiger partial charge < -0.3 is 10.1 Å². The molecule has 0 fully saturated rings. The maximum atomic E-state index is 11.9. The van der Waals surface area contributed by atoms with Gasteiger partial charge in [-0.25, -0.2) is 0 Å². The molecule has 0 radical (unpaired) electrons. The maximum absolute atomic E-state index is 11.9. The lowest BCUT2D eigenvalue weighted by Crippen LogP contribution is -2.38. The summed E-state index contributed by atoms with van der Waals surface area (Å²) in [4.78, 5) is 11.9. The van der Waals surface area contributed by atoms with Gasteiger partial charge in [-0.05, 0) is 35.1 Å². The zero-order chi connectivity index (χ0) is 18.2. The molecule has 130 valence electrons. The van der Waals surface area contributed by atoms with Gasteiger partial charge in [0.15, 0.2) is 0 Å². The fraction of sp³-hybridized carbons (Fsp3) is 0.333. The molecule has 0 saturated heterocycles. The van der Waals surface area contributed by atoms with Gasteiger partial charge in [-0.1, -0.05) is 56.3 Å². The first-order valence-corrected chi connectivity index (χ1v) is 8.44. The predicted octanol–water partition coefficient (Wildman–Crippen LogP) is 3.90. The van der Waals surface area contributed by atoms with Gasteiger partial charge in [0.1, 0.15) is 6.04 Å². The number of nitrogens with one attached hydrogen (secondary N) is 1. The first-order valence-electron chi connectivity index (χ1n) is 8.44. The Morgan fingerprint density at radius 1 is 1.16 bits per heavy atom. The van der Waals surface area contributed by atoms with Crippen LogP contribution in [0.1, 0.15) is 31.4 Å². The normalized spacial score (nSPS) is 11.8. The third kappa shape index (κ3) is 5.17. The highest BCUT2D eigenvalue weighted by atomic mass is 16.5. The summed E-state index contributed by atoms with van der Waals surface area (Å²) in [6.45, 7) is 4.75. The molecule has 0 aromatic heterocycles. The average Bonchev–Trinajstić information content (AvgIpc) is 2.64. The molecule has 0 bridgehead atoms. The van der Waals surface area contributed by atoms with Crippen LogP contribution in [0.3, 0.4) is 0 Å². The molecule has 4 heteroatoms. The summed E-state index contributed by atoms with van der Waals surface area (Å²) < 4.78 is 4.87. The number of rotatable bonds is 7. The summed E-state index contributed by atoms with van der Waals surface area (Å²) >= 11 is 0. The molecule has 2 aromatic carbocycles.